The zero-order valence-electron chi connectivity index (χ0n) is 16.9. The first kappa shape index (κ1) is 24.5. The Labute approximate surface area is 166 Å². The Morgan fingerprint density at radius 1 is 1.21 bits per heavy atom. The summed E-state index contributed by atoms with van der Waals surface area (Å²) in [6.45, 7) is 2.55. The van der Waals surface area contributed by atoms with E-state index in [9.17, 15) is 23.5 Å². The molecule has 2 N–H and O–H groups in total. The molecule has 0 aliphatic carbocycles. The zero-order valence-corrected chi connectivity index (χ0v) is 16.9. The second kappa shape index (κ2) is 12.9. The molecule has 0 aromatic rings. The highest BCUT2D eigenvalue weighted by Gasteiger charge is 2.36. The predicted molar refractivity (Wildman–Crippen MR) is 104 cm³/mol. The molecule has 1 saturated heterocycles. The number of carbonyl (C=O) groups excluding carboxylic acids is 1. The van der Waals surface area contributed by atoms with E-state index in [1.54, 1.807) is 11.0 Å². The molecule has 1 fully saturated rings. The fraction of sp³-hybridized carbons (Fsp3) is 0.810. The summed E-state index contributed by atoms with van der Waals surface area (Å²) in [5, 5.41) is 18.5. The van der Waals surface area contributed by atoms with E-state index in [2.05, 4.69) is 0 Å². The highest BCUT2D eigenvalue weighted by Crippen LogP contribution is 2.28. The van der Waals surface area contributed by atoms with Gasteiger partial charge in [0.2, 0.25) is 5.91 Å². The first-order valence-electron chi connectivity index (χ1n) is 10.5. The van der Waals surface area contributed by atoms with Crippen LogP contribution in [0.15, 0.2) is 12.2 Å². The summed E-state index contributed by atoms with van der Waals surface area (Å²) in [5.74, 6) is -3.95. The van der Waals surface area contributed by atoms with Crippen LogP contribution < -0.4 is 0 Å². The molecule has 0 aromatic heterocycles. The number of hydrogen-bond donors (Lipinski definition) is 2. The summed E-state index contributed by atoms with van der Waals surface area (Å²) in [4.78, 5) is 24.2. The van der Waals surface area contributed by atoms with Crippen molar-refractivity contribution in [3.05, 3.63) is 12.2 Å². The SMILES string of the molecule is CCCCCCC(F)(F)C(O)/C=C/[C@H]1CCC(=O)N1CCCCCCC(=O)O. The molecule has 0 bridgehead atoms. The van der Waals surface area contributed by atoms with Gasteiger partial charge in [0.25, 0.3) is 5.92 Å². The molecule has 0 spiro atoms. The quantitative estimate of drug-likeness (QED) is 0.311. The van der Waals surface area contributed by atoms with Crippen LogP contribution in [0.2, 0.25) is 0 Å². The number of aliphatic hydroxyl groups excluding tert-OH is 1. The van der Waals surface area contributed by atoms with Gasteiger partial charge in [-0.1, -0.05) is 51.2 Å². The molecule has 162 valence electrons. The standard InChI is InChI=1S/C21H35F2NO4/c1-2-3-4-8-15-21(22,23)18(25)13-11-17-12-14-19(26)24(17)16-9-6-5-7-10-20(27)28/h11,13,17-18,25H,2-10,12,14-16H2,1H3,(H,27,28)/b13-11+/t17-,18?/m0/s1. The second-order valence-corrected chi connectivity index (χ2v) is 7.65. The molecule has 1 unspecified atom stereocenters. The lowest BCUT2D eigenvalue weighted by Crippen LogP contribution is -2.34. The highest BCUT2D eigenvalue weighted by molar-refractivity contribution is 5.79. The minimum atomic E-state index is -3.15. The summed E-state index contributed by atoms with van der Waals surface area (Å²) in [5.41, 5.74) is 0. The van der Waals surface area contributed by atoms with Crippen molar-refractivity contribution in [3.63, 3.8) is 0 Å². The maximum atomic E-state index is 14.0. The molecule has 1 amide bonds. The van der Waals surface area contributed by atoms with Crippen LogP contribution >= 0.6 is 0 Å². The minimum absolute atomic E-state index is 0.000927. The van der Waals surface area contributed by atoms with Crippen molar-refractivity contribution in [2.75, 3.05) is 6.54 Å². The van der Waals surface area contributed by atoms with E-state index in [-0.39, 0.29) is 24.8 Å². The third-order valence-corrected chi connectivity index (χ3v) is 5.23. The lowest BCUT2D eigenvalue weighted by atomic mass is 10.0. The summed E-state index contributed by atoms with van der Waals surface area (Å²) < 4.78 is 28.1. The fourth-order valence-corrected chi connectivity index (χ4v) is 3.47. The topological polar surface area (TPSA) is 77.8 Å². The average molecular weight is 404 g/mol. The average Bonchev–Trinajstić information content (AvgIpc) is 2.99. The van der Waals surface area contributed by atoms with Crippen molar-refractivity contribution in [3.8, 4) is 0 Å². The van der Waals surface area contributed by atoms with Gasteiger partial charge in [-0.25, -0.2) is 8.78 Å². The molecule has 1 rings (SSSR count). The second-order valence-electron chi connectivity index (χ2n) is 7.65. The van der Waals surface area contributed by atoms with E-state index in [0.717, 1.165) is 44.6 Å². The lowest BCUT2D eigenvalue weighted by molar-refractivity contribution is -0.137. The molecule has 0 radical (unpaired) electrons. The summed E-state index contributed by atoms with van der Waals surface area (Å²) in [6, 6.07) is -0.253. The number of likely N-dealkylation sites (tertiary alicyclic amines) is 1. The fourth-order valence-electron chi connectivity index (χ4n) is 3.47. The van der Waals surface area contributed by atoms with Gasteiger partial charge in [0.15, 0.2) is 0 Å². The van der Waals surface area contributed by atoms with Gasteiger partial charge in [-0.2, -0.15) is 0 Å². The van der Waals surface area contributed by atoms with Crippen molar-refractivity contribution in [2.45, 2.75) is 102 Å². The van der Waals surface area contributed by atoms with Crippen LogP contribution in [0, 0.1) is 0 Å². The Morgan fingerprint density at radius 2 is 1.89 bits per heavy atom. The van der Waals surface area contributed by atoms with E-state index in [1.165, 1.54) is 0 Å². The van der Waals surface area contributed by atoms with Gasteiger partial charge < -0.3 is 15.1 Å². The monoisotopic (exact) mass is 403 g/mol. The van der Waals surface area contributed by atoms with Crippen LogP contribution in [0.3, 0.4) is 0 Å². The van der Waals surface area contributed by atoms with Crippen molar-refractivity contribution in [1.29, 1.82) is 0 Å². The van der Waals surface area contributed by atoms with Crippen LogP contribution in [0.1, 0.15) is 84.0 Å². The number of aliphatic hydroxyl groups is 1. The molecule has 2 atom stereocenters. The van der Waals surface area contributed by atoms with Gasteiger partial charge in [0.1, 0.15) is 6.10 Å². The molecule has 0 aromatic carbocycles. The third-order valence-electron chi connectivity index (χ3n) is 5.23. The molecule has 1 aliphatic rings. The number of aliphatic carboxylic acids is 1. The van der Waals surface area contributed by atoms with Gasteiger partial charge in [0.05, 0.1) is 6.04 Å². The molecule has 1 aliphatic heterocycles. The van der Waals surface area contributed by atoms with Gasteiger partial charge in [0, 0.05) is 25.8 Å². The maximum absolute atomic E-state index is 14.0. The van der Waals surface area contributed by atoms with Crippen molar-refractivity contribution in [1.82, 2.24) is 4.90 Å². The number of nitrogens with zero attached hydrogens (tertiary/aromatic N) is 1. The lowest BCUT2D eigenvalue weighted by Gasteiger charge is -2.24. The van der Waals surface area contributed by atoms with Gasteiger partial charge >= 0.3 is 5.97 Å². The third kappa shape index (κ3) is 9.13. The van der Waals surface area contributed by atoms with Crippen LogP contribution in [0.4, 0.5) is 8.78 Å². The van der Waals surface area contributed by atoms with E-state index in [4.69, 9.17) is 5.11 Å². The molecule has 5 nitrogen and oxygen atoms in total. The van der Waals surface area contributed by atoms with Gasteiger partial charge in [-0.15, -0.1) is 0 Å². The Bertz CT molecular complexity index is 511. The number of carboxylic acids is 1. The van der Waals surface area contributed by atoms with E-state index >= 15 is 0 Å². The number of alkyl halides is 2. The Morgan fingerprint density at radius 3 is 2.57 bits per heavy atom. The molecule has 7 heteroatoms. The van der Waals surface area contributed by atoms with Gasteiger partial charge in [-0.05, 0) is 25.7 Å². The molecule has 1 heterocycles. The number of unbranched alkanes of at least 4 members (excludes halogenated alkanes) is 6. The number of amides is 1. The highest BCUT2D eigenvalue weighted by atomic mass is 19.3. The first-order valence-corrected chi connectivity index (χ1v) is 10.5. The predicted octanol–water partition coefficient (Wildman–Crippen LogP) is 4.54. The van der Waals surface area contributed by atoms with Crippen LogP contribution in [-0.2, 0) is 9.59 Å². The smallest absolute Gasteiger partial charge is 0.303 e. The van der Waals surface area contributed by atoms with Crippen LogP contribution in [-0.4, -0.2) is 51.6 Å². The summed E-state index contributed by atoms with van der Waals surface area (Å²) in [7, 11) is 0. The Hall–Kier alpha value is -1.50. The molecule has 0 saturated carbocycles. The Kier molecular flexibility index (Phi) is 11.3. The number of carboxylic acid groups (broad SMARTS) is 1. The number of halogens is 2. The summed E-state index contributed by atoms with van der Waals surface area (Å²) in [6.07, 6.45) is 7.63. The maximum Gasteiger partial charge on any atom is 0.303 e. The number of hydrogen-bond acceptors (Lipinski definition) is 3. The molecular formula is C21H35F2NO4. The number of carbonyl (C=O) groups is 2. The van der Waals surface area contributed by atoms with E-state index in [0.29, 0.717) is 32.2 Å². The van der Waals surface area contributed by atoms with Gasteiger partial charge in [-0.3, -0.25) is 9.59 Å². The van der Waals surface area contributed by atoms with Crippen molar-refractivity contribution < 1.29 is 28.6 Å². The zero-order chi connectivity index (χ0) is 21.0. The van der Waals surface area contributed by atoms with E-state index < -0.39 is 18.0 Å². The summed E-state index contributed by atoms with van der Waals surface area (Å²) >= 11 is 0. The largest absolute Gasteiger partial charge is 0.481 e. The molecular weight excluding hydrogens is 368 g/mol. The molecule has 28 heavy (non-hydrogen) atoms. The Balaban J connectivity index is 2.42. The normalized spacial score (nSPS) is 18.9. The first-order chi connectivity index (χ1) is 13.3. The van der Waals surface area contributed by atoms with Crippen molar-refractivity contribution >= 4 is 11.9 Å². The minimum Gasteiger partial charge on any atom is -0.481 e. The van der Waals surface area contributed by atoms with Crippen LogP contribution in [0.5, 0.6) is 0 Å². The van der Waals surface area contributed by atoms with E-state index in [1.807, 2.05) is 6.92 Å². The van der Waals surface area contributed by atoms with Crippen LogP contribution in [0.25, 0.3) is 0 Å². The number of rotatable bonds is 15. The van der Waals surface area contributed by atoms with Crippen molar-refractivity contribution in [2.24, 2.45) is 0 Å².